The van der Waals surface area contributed by atoms with E-state index < -0.39 is 27.3 Å². The lowest BCUT2D eigenvalue weighted by molar-refractivity contribution is -0.140. The summed E-state index contributed by atoms with van der Waals surface area (Å²) >= 11 is 1.70. The first-order valence-electron chi connectivity index (χ1n) is 14.2. The monoisotopic (exact) mass is 606 g/mol. The second kappa shape index (κ2) is 11.4. The van der Waals surface area contributed by atoms with E-state index >= 15 is 0 Å². The van der Waals surface area contributed by atoms with Crippen molar-refractivity contribution in [3.63, 3.8) is 0 Å². The van der Waals surface area contributed by atoms with Crippen LogP contribution in [0.2, 0.25) is 0 Å². The van der Waals surface area contributed by atoms with Gasteiger partial charge in [0.15, 0.2) is 9.84 Å². The molecule has 220 valence electrons. The van der Waals surface area contributed by atoms with Crippen LogP contribution in [0.4, 0.5) is 0 Å². The Morgan fingerprint density at radius 3 is 2.36 bits per heavy atom. The van der Waals surface area contributed by atoms with Gasteiger partial charge in [-0.05, 0) is 96.6 Å². The number of carboxylic acid groups (broad SMARTS) is 1. The molecule has 0 radical (unpaired) electrons. The lowest BCUT2D eigenvalue weighted by atomic mass is 9.61. The van der Waals surface area contributed by atoms with Gasteiger partial charge in [-0.25, -0.2) is 8.42 Å². The number of benzene rings is 3. The molecule has 3 aromatic carbocycles. The SMILES string of the molecule is Cc1cc(OC2CCS(=O)(=O)CC2)ccc1-c1csc2ccc(COc3ccc([C@]4(CC(=O)O)C[C@@H](O)C4)cc3)cc12. The highest BCUT2D eigenvalue weighted by Gasteiger charge is 2.46. The number of sulfone groups is 1. The summed E-state index contributed by atoms with van der Waals surface area (Å²) in [7, 11) is -2.92. The van der Waals surface area contributed by atoms with Gasteiger partial charge in [-0.1, -0.05) is 24.3 Å². The fraction of sp³-hybridized carbons (Fsp3) is 0.364. The lowest BCUT2D eigenvalue weighted by Gasteiger charge is -2.45. The molecule has 2 fully saturated rings. The van der Waals surface area contributed by atoms with Crippen LogP contribution in [0.5, 0.6) is 11.5 Å². The Hall–Kier alpha value is -3.40. The highest BCUT2D eigenvalue weighted by molar-refractivity contribution is 7.91. The van der Waals surface area contributed by atoms with Crippen LogP contribution >= 0.6 is 11.3 Å². The molecule has 42 heavy (non-hydrogen) atoms. The molecule has 0 bridgehead atoms. The predicted octanol–water partition coefficient (Wildman–Crippen LogP) is 6.28. The highest BCUT2D eigenvalue weighted by Crippen LogP contribution is 2.47. The molecular weight excluding hydrogens is 572 g/mol. The minimum Gasteiger partial charge on any atom is -0.490 e. The van der Waals surface area contributed by atoms with Gasteiger partial charge in [0, 0.05) is 21.1 Å². The zero-order chi connectivity index (χ0) is 29.5. The largest absolute Gasteiger partial charge is 0.490 e. The summed E-state index contributed by atoms with van der Waals surface area (Å²) in [6.07, 6.45) is 1.48. The third kappa shape index (κ3) is 6.04. The van der Waals surface area contributed by atoms with Crippen molar-refractivity contribution in [2.45, 2.75) is 63.3 Å². The number of ether oxygens (including phenoxy) is 2. The van der Waals surface area contributed by atoms with E-state index in [1.165, 1.54) is 4.70 Å². The van der Waals surface area contributed by atoms with Crippen molar-refractivity contribution >= 4 is 37.2 Å². The molecule has 0 amide bonds. The van der Waals surface area contributed by atoms with Crippen LogP contribution in [0, 0.1) is 6.92 Å². The van der Waals surface area contributed by atoms with E-state index in [2.05, 4.69) is 36.6 Å². The molecule has 2 N–H and O–H groups in total. The third-order valence-electron chi connectivity index (χ3n) is 8.54. The smallest absolute Gasteiger partial charge is 0.304 e. The molecule has 0 atom stereocenters. The van der Waals surface area contributed by atoms with Crippen molar-refractivity contribution in [1.82, 2.24) is 0 Å². The normalized spacial score (nSPS) is 22.0. The number of rotatable bonds is 9. The molecule has 6 rings (SSSR count). The quantitative estimate of drug-likeness (QED) is 0.231. The van der Waals surface area contributed by atoms with Crippen LogP contribution in [-0.2, 0) is 26.7 Å². The van der Waals surface area contributed by atoms with E-state index in [9.17, 15) is 23.4 Å². The van der Waals surface area contributed by atoms with Crippen LogP contribution in [0.15, 0.2) is 66.0 Å². The van der Waals surface area contributed by atoms with Crippen molar-refractivity contribution in [2.75, 3.05) is 11.5 Å². The molecule has 0 unspecified atom stereocenters. The Bertz CT molecular complexity index is 1700. The second-order valence-electron chi connectivity index (χ2n) is 11.7. The van der Waals surface area contributed by atoms with Gasteiger partial charge in [-0.15, -0.1) is 11.3 Å². The summed E-state index contributed by atoms with van der Waals surface area (Å²) in [4.78, 5) is 11.4. The third-order valence-corrected chi connectivity index (χ3v) is 11.2. The summed E-state index contributed by atoms with van der Waals surface area (Å²) in [6, 6.07) is 20.0. The average Bonchev–Trinajstić information content (AvgIpc) is 3.35. The lowest BCUT2D eigenvalue weighted by Crippen LogP contribution is -2.46. The van der Waals surface area contributed by atoms with Gasteiger partial charge in [0.1, 0.15) is 24.2 Å². The van der Waals surface area contributed by atoms with Crippen LogP contribution < -0.4 is 9.47 Å². The van der Waals surface area contributed by atoms with Gasteiger partial charge >= 0.3 is 5.97 Å². The van der Waals surface area contributed by atoms with Crippen LogP contribution in [0.1, 0.15) is 48.8 Å². The van der Waals surface area contributed by atoms with Gasteiger partial charge in [-0.3, -0.25) is 4.79 Å². The zero-order valence-corrected chi connectivity index (χ0v) is 25.0. The van der Waals surface area contributed by atoms with E-state index in [1.54, 1.807) is 11.3 Å². The molecule has 9 heteroatoms. The minimum absolute atomic E-state index is 0.00935. The zero-order valence-electron chi connectivity index (χ0n) is 23.4. The first kappa shape index (κ1) is 28.7. The van der Waals surface area contributed by atoms with Gasteiger partial charge in [0.05, 0.1) is 24.0 Å². The van der Waals surface area contributed by atoms with E-state index in [4.69, 9.17) is 9.47 Å². The number of hydrogen-bond donors (Lipinski definition) is 2. The van der Waals surface area contributed by atoms with Crippen molar-refractivity contribution in [2.24, 2.45) is 0 Å². The first-order valence-corrected chi connectivity index (χ1v) is 16.9. The standard InChI is InChI=1S/C33H34O7S2/c1-21-14-27(40-26-10-12-42(37,38)13-11-26)7-8-28(21)30-20-41-31-9-2-22(15-29(30)31)19-39-25-5-3-23(4-6-25)33(18-32(35)36)16-24(34)17-33/h2-9,14-15,20,24,26,34H,10-13,16-19H2,1H3,(H,35,36)/t24-,33-. The van der Waals surface area contributed by atoms with Crippen molar-refractivity contribution in [3.8, 4) is 22.6 Å². The summed E-state index contributed by atoms with van der Waals surface area (Å²) in [5.74, 6) is 0.986. The van der Waals surface area contributed by atoms with Gasteiger partial charge in [0.25, 0.3) is 0 Å². The second-order valence-corrected chi connectivity index (χ2v) is 14.9. The maximum absolute atomic E-state index is 11.7. The fourth-order valence-electron chi connectivity index (χ4n) is 6.25. The maximum atomic E-state index is 11.7. The summed E-state index contributed by atoms with van der Waals surface area (Å²) in [6.45, 7) is 2.46. The Morgan fingerprint density at radius 2 is 1.69 bits per heavy atom. The number of carbonyl (C=O) groups is 1. The van der Waals surface area contributed by atoms with E-state index in [0.29, 0.717) is 38.0 Å². The molecule has 1 aliphatic heterocycles. The molecule has 2 aliphatic rings. The fourth-order valence-corrected chi connectivity index (χ4v) is 8.64. The van der Waals surface area contributed by atoms with E-state index in [0.717, 1.165) is 39.0 Å². The Morgan fingerprint density at radius 1 is 0.976 bits per heavy atom. The van der Waals surface area contributed by atoms with E-state index in [-0.39, 0.29) is 24.0 Å². The number of aliphatic carboxylic acids is 1. The molecule has 1 saturated heterocycles. The molecule has 7 nitrogen and oxygen atoms in total. The molecule has 0 spiro atoms. The number of fused-ring (bicyclic) bond motifs is 1. The molecule has 4 aromatic rings. The number of hydrogen-bond acceptors (Lipinski definition) is 7. The number of aliphatic hydroxyl groups excluding tert-OH is 1. The summed E-state index contributed by atoms with van der Waals surface area (Å²) in [5.41, 5.74) is 4.83. The number of thiophene rings is 1. The maximum Gasteiger partial charge on any atom is 0.304 e. The van der Waals surface area contributed by atoms with Crippen molar-refractivity contribution in [1.29, 1.82) is 0 Å². The van der Waals surface area contributed by atoms with Crippen LogP contribution in [-0.4, -0.2) is 48.3 Å². The molecule has 1 aromatic heterocycles. The Kier molecular flexibility index (Phi) is 7.76. The van der Waals surface area contributed by atoms with Crippen LogP contribution in [0.25, 0.3) is 21.2 Å². The Labute approximate surface area is 249 Å². The first-order chi connectivity index (χ1) is 20.1. The van der Waals surface area contributed by atoms with Gasteiger partial charge < -0.3 is 19.7 Å². The minimum atomic E-state index is -2.92. The molecular formula is C33H34O7S2. The number of aryl methyl sites for hydroxylation is 1. The number of carboxylic acids is 1. The topological polar surface area (TPSA) is 110 Å². The number of aliphatic hydroxyl groups is 1. The Balaban J connectivity index is 1.14. The molecule has 1 saturated carbocycles. The average molecular weight is 607 g/mol. The molecule has 1 aliphatic carbocycles. The summed E-state index contributed by atoms with van der Waals surface area (Å²) in [5, 5.41) is 22.5. The van der Waals surface area contributed by atoms with Gasteiger partial charge in [0.2, 0.25) is 0 Å². The van der Waals surface area contributed by atoms with E-state index in [1.807, 2.05) is 36.4 Å². The van der Waals surface area contributed by atoms with Crippen molar-refractivity contribution in [3.05, 3.63) is 82.7 Å². The molecule has 2 heterocycles. The highest BCUT2D eigenvalue weighted by atomic mass is 32.2. The van der Waals surface area contributed by atoms with Gasteiger partial charge in [-0.2, -0.15) is 0 Å². The van der Waals surface area contributed by atoms with Crippen molar-refractivity contribution < 1.29 is 32.9 Å². The predicted molar refractivity (Wildman–Crippen MR) is 164 cm³/mol. The van der Waals surface area contributed by atoms with Crippen LogP contribution in [0.3, 0.4) is 0 Å². The summed E-state index contributed by atoms with van der Waals surface area (Å²) < 4.78 is 36.9.